The van der Waals surface area contributed by atoms with Crippen LogP contribution in [0.3, 0.4) is 0 Å². The van der Waals surface area contributed by atoms with Crippen LogP contribution in [0.5, 0.6) is 0 Å². The van der Waals surface area contributed by atoms with E-state index in [1.807, 2.05) is 27.7 Å². The molecule has 0 aromatic heterocycles. The summed E-state index contributed by atoms with van der Waals surface area (Å²) in [5, 5.41) is 0. The monoisotopic (exact) mass is 270 g/mol. The largest absolute Gasteiger partial charge is 0.463 e. The van der Waals surface area contributed by atoms with E-state index >= 15 is 0 Å². The lowest BCUT2D eigenvalue weighted by atomic mass is 9.96. The number of ether oxygens (including phenoxy) is 2. The van der Waals surface area contributed by atoms with Crippen molar-refractivity contribution < 1.29 is 14.3 Å². The van der Waals surface area contributed by atoms with E-state index in [4.69, 9.17) is 9.47 Å². The van der Waals surface area contributed by atoms with Gasteiger partial charge in [-0.1, -0.05) is 39.8 Å². The number of carbonyl (C=O) groups is 1. The van der Waals surface area contributed by atoms with Crippen molar-refractivity contribution in [3.05, 3.63) is 12.2 Å². The summed E-state index contributed by atoms with van der Waals surface area (Å²) in [5.74, 6) is -0.155. The second-order valence-electron chi connectivity index (χ2n) is 6.72. The maximum atomic E-state index is 11.3. The molecule has 0 aromatic carbocycles. The highest BCUT2D eigenvalue weighted by molar-refractivity contribution is 5.69. The second kappa shape index (κ2) is 7.68. The summed E-state index contributed by atoms with van der Waals surface area (Å²) < 4.78 is 11.1. The van der Waals surface area contributed by atoms with Crippen molar-refractivity contribution >= 4 is 5.97 Å². The molecule has 0 aliphatic heterocycles. The molecule has 19 heavy (non-hydrogen) atoms. The van der Waals surface area contributed by atoms with Gasteiger partial charge in [0.05, 0.1) is 11.7 Å². The normalized spacial score (nSPS) is 14.7. The molecule has 0 radical (unpaired) electrons. The van der Waals surface area contributed by atoms with Crippen molar-refractivity contribution in [3.8, 4) is 0 Å². The van der Waals surface area contributed by atoms with Crippen LogP contribution in [-0.4, -0.2) is 24.3 Å². The highest BCUT2D eigenvalue weighted by Gasteiger charge is 2.23. The fourth-order valence-corrected chi connectivity index (χ4v) is 1.53. The Labute approximate surface area is 118 Å². The molecule has 0 rings (SSSR count). The summed E-state index contributed by atoms with van der Waals surface area (Å²) in [5.41, 5.74) is -0.319. The smallest absolute Gasteiger partial charge is 0.305 e. The molecule has 1 atom stereocenters. The van der Waals surface area contributed by atoms with E-state index in [1.165, 1.54) is 0 Å². The highest BCUT2D eigenvalue weighted by Crippen LogP contribution is 2.18. The molecule has 0 aliphatic rings. The molecule has 0 aromatic rings. The van der Waals surface area contributed by atoms with Crippen molar-refractivity contribution in [1.82, 2.24) is 0 Å². The lowest BCUT2D eigenvalue weighted by molar-refractivity contribution is -0.155. The third kappa shape index (κ3) is 10.8. The zero-order valence-corrected chi connectivity index (χ0v) is 13.6. The Hall–Kier alpha value is -0.830. The van der Waals surface area contributed by atoms with E-state index in [9.17, 15) is 4.79 Å². The van der Waals surface area contributed by atoms with Crippen LogP contribution in [-0.2, 0) is 14.3 Å². The first-order chi connectivity index (χ1) is 8.56. The Morgan fingerprint density at radius 3 is 2.26 bits per heavy atom. The molecule has 0 saturated carbocycles. The van der Waals surface area contributed by atoms with E-state index in [1.54, 1.807) is 0 Å². The molecule has 0 saturated heterocycles. The first kappa shape index (κ1) is 18.2. The Morgan fingerprint density at radius 2 is 1.79 bits per heavy atom. The predicted octanol–water partition coefficient (Wildman–Crippen LogP) is 4.12. The quantitative estimate of drug-likeness (QED) is 0.516. The first-order valence-corrected chi connectivity index (χ1v) is 7.08. The molecule has 3 heteroatoms. The molecule has 112 valence electrons. The number of hydrogen-bond donors (Lipinski definition) is 0. The van der Waals surface area contributed by atoms with Gasteiger partial charge in [0, 0.05) is 6.42 Å². The third-order valence-electron chi connectivity index (χ3n) is 2.41. The van der Waals surface area contributed by atoms with Crippen LogP contribution in [0.1, 0.15) is 61.3 Å². The van der Waals surface area contributed by atoms with Gasteiger partial charge in [0.25, 0.3) is 0 Å². The maximum absolute atomic E-state index is 11.3. The average molecular weight is 270 g/mol. The van der Waals surface area contributed by atoms with Gasteiger partial charge >= 0.3 is 5.97 Å². The summed E-state index contributed by atoms with van der Waals surface area (Å²) in [6.45, 7) is 14.6. The fraction of sp³-hybridized carbons (Fsp3) is 0.812. The van der Waals surface area contributed by atoms with Crippen LogP contribution < -0.4 is 0 Å². The Bertz CT molecular complexity index is 298. The molecule has 1 unspecified atom stereocenters. The van der Waals surface area contributed by atoms with Crippen LogP contribution >= 0.6 is 0 Å². The number of hydrogen-bond acceptors (Lipinski definition) is 3. The van der Waals surface area contributed by atoms with Gasteiger partial charge in [-0.15, -0.1) is 0 Å². The molecule has 0 bridgehead atoms. The van der Waals surface area contributed by atoms with Crippen molar-refractivity contribution in [2.45, 2.75) is 73.0 Å². The lowest BCUT2D eigenvalue weighted by Crippen LogP contribution is -2.34. The lowest BCUT2D eigenvalue weighted by Gasteiger charge is -2.28. The average Bonchev–Trinajstić information content (AvgIpc) is 2.23. The maximum Gasteiger partial charge on any atom is 0.305 e. The Balaban J connectivity index is 4.21. The van der Waals surface area contributed by atoms with Crippen LogP contribution in [0.15, 0.2) is 12.2 Å². The van der Waals surface area contributed by atoms with E-state index in [0.29, 0.717) is 13.0 Å². The molecular formula is C16H30O3. The minimum absolute atomic E-state index is 0.000831. The highest BCUT2D eigenvalue weighted by atomic mass is 16.6. The van der Waals surface area contributed by atoms with Gasteiger partial charge in [0.1, 0.15) is 6.61 Å². The summed E-state index contributed by atoms with van der Waals surface area (Å²) in [4.78, 5) is 11.3. The SMILES string of the molecule is CCCC(=O)OCC(C)(C)OC(C)C=CC(C)(C)C. The van der Waals surface area contributed by atoms with Crippen LogP contribution in [0.2, 0.25) is 0 Å². The van der Waals surface area contributed by atoms with Crippen molar-refractivity contribution in [2.24, 2.45) is 5.41 Å². The molecule has 3 nitrogen and oxygen atoms in total. The minimum atomic E-state index is -0.467. The number of carbonyl (C=O) groups excluding carboxylic acids is 1. The first-order valence-electron chi connectivity index (χ1n) is 7.08. The van der Waals surface area contributed by atoms with Gasteiger partial charge in [-0.2, -0.15) is 0 Å². The minimum Gasteiger partial charge on any atom is -0.463 e. The molecular weight excluding hydrogens is 240 g/mol. The predicted molar refractivity (Wildman–Crippen MR) is 79.1 cm³/mol. The van der Waals surface area contributed by atoms with E-state index in [2.05, 4.69) is 32.9 Å². The van der Waals surface area contributed by atoms with Crippen LogP contribution in [0, 0.1) is 5.41 Å². The van der Waals surface area contributed by atoms with Gasteiger partial charge in [0.15, 0.2) is 0 Å². The van der Waals surface area contributed by atoms with E-state index in [0.717, 1.165) is 6.42 Å². The molecule has 0 spiro atoms. The van der Waals surface area contributed by atoms with Gasteiger partial charge in [-0.25, -0.2) is 0 Å². The second-order valence-corrected chi connectivity index (χ2v) is 6.72. The third-order valence-corrected chi connectivity index (χ3v) is 2.41. The van der Waals surface area contributed by atoms with E-state index < -0.39 is 5.60 Å². The topological polar surface area (TPSA) is 35.5 Å². The number of esters is 1. The molecule has 0 amide bonds. The number of rotatable bonds is 7. The Kier molecular flexibility index (Phi) is 7.35. The van der Waals surface area contributed by atoms with Crippen molar-refractivity contribution in [2.75, 3.05) is 6.61 Å². The Morgan fingerprint density at radius 1 is 1.21 bits per heavy atom. The summed E-state index contributed by atoms with van der Waals surface area (Å²) in [6, 6.07) is 0. The number of allylic oxidation sites excluding steroid dienone is 1. The standard InChI is InChI=1S/C16H30O3/c1-8-9-14(17)18-12-16(6,7)19-13(2)10-11-15(3,4)5/h10-11,13H,8-9,12H2,1-7H3. The molecule has 0 N–H and O–H groups in total. The van der Waals surface area contributed by atoms with Crippen LogP contribution in [0.25, 0.3) is 0 Å². The molecule has 0 heterocycles. The van der Waals surface area contributed by atoms with Crippen molar-refractivity contribution in [1.29, 1.82) is 0 Å². The van der Waals surface area contributed by atoms with Crippen LogP contribution in [0.4, 0.5) is 0 Å². The molecule has 0 aliphatic carbocycles. The summed E-state index contributed by atoms with van der Waals surface area (Å²) in [7, 11) is 0. The zero-order chi connectivity index (χ0) is 15.1. The van der Waals surface area contributed by atoms with Gasteiger partial charge in [0.2, 0.25) is 0 Å². The van der Waals surface area contributed by atoms with Gasteiger partial charge in [-0.05, 0) is 32.6 Å². The summed E-state index contributed by atoms with van der Waals surface area (Å²) >= 11 is 0. The van der Waals surface area contributed by atoms with Gasteiger partial charge < -0.3 is 9.47 Å². The van der Waals surface area contributed by atoms with Gasteiger partial charge in [-0.3, -0.25) is 4.79 Å². The van der Waals surface area contributed by atoms with E-state index in [-0.39, 0.29) is 17.5 Å². The summed E-state index contributed by atoms with van der Waals surface area (Å²) in [6.07, 6.45) is 5.46. The molecule has 0 fully saturated rings. The zero-order valence-electron chi connectivity index (χ0n) is 13.6. The van der Waals surface area contributed by atoms with Crippen molar-refractivity contribution in [3.63, 3.8) is 0 Å². The fourth-order valence-electron chi connectivity index (χ4n) is 1.53.